The van der Waals surface area contributed by atoms with Crippen LogP contribution in [0.3, 0.4) is 0 Å². The van der Waals surface area contributed by atoms with Crippen molar-refractivity contribution in [2.24, 2.45) is 0 Å². The molecule has 22 heavy (non-hydrogen) atoms. The van der Waals surface area contributed by atoms with Crippen LogP contribution in [0.4, 0.5) is 23.2 Å². The predicted molar refractivity (Wildman–Crippen MR) is 72.5 cm³/mol. The minimum Gasteiger partial charge on any atom is -0.471 e. The maximum Gasteiger partial charge on any atom is 0.340 e. The average Bonchev–Trinajstić information content (AvgIpc) is 2.47. The van der Waals surface area contributed by atoms with Gasteiger partial charge in [-0.3, -0.25) is 4.79 Å². The van der Waals surface area contributed by atoms with E-state index >= 15 is 0 Å². The van der Waals surface area contributed by atoms with E-state index in [0.717, 1.165) is 0 Å². The average molecular weight is 323 g/mol. The summed E-state index contributed by atoms with van der Waals surface area (Å²) in [7, 11) is 1.78. The van der Waals surface area contributed by atoms with E-state index in [9.17, 15) is 22.4 Å². The molecule has 0 saturated carbocycles. The van der Waals surface area contributed by atoms with Crippen LogP contribution in [-0.4, -0.2) is 43.4 Å². The van der Waals surface area contributed by atoms with Gasteiger partial charge in [0.1, 0.15) is 0 Å². The molecule has 1 amide bonds. The first kappa shape index (κ1) is 18.1. The number of hydrogen-bond donors (Lipinski definition) is 2. The van der Waals surface area contributed by atoms with Gasteiger partial charge < -0.3 is 15.4 Å². The number of aromatic nitrogens is 1. The highest BCUT2D eigenvalue weighted by Gasteiger charge is 2.41. The van der Waals surface area contributed by atoms with Crippen LogP contribution < -0.4 is 15.4 Å². The van der Waals surface area contributed by atoms with Crippen molar-refractivity contribution < 1.29 is 27.1 Å². The number of pyridine rings is 1. The minimum atomic E-state index is -4.23. The third-order valence-corrected chi connectivity index (χ3v) is 2.58. The largest absolute Gasteiger partial charge is 0.471 e. The van der Waals surface area contributed by atoms with Crippen molar-refractivity contribution in [3.63, 3.8) is 0 Å². The molecule has 1 aromatic rings. The number of amides is 1. The summed E-state index contributed by atoms with van der Waals surface area (Å²) in [5, 5.41) is 5.47. The van der Waals surface area contributed by atoms with E-state index in [-0.39, 0.29) is 11.8 Å². The van der Waals surface area contributed by atoms with E-state index in [4.69, 9.17) is 0 Å². The van der Waals surface area contributed by atoms with E-state index in [1.807, 2.05) is 0 Å². The Bertz CT molecular complexity index is 469. The van der Waals surface area contributed by atoms with Crippen molar-refractivity contribution in [2.45, 2.75) is 25.2 Å². The monoisotopic (exact) mass is 323 g/mol. The van der Waals surface area contributed by atoms with Crippen molar-refractivity contribution in [1.29, 1.82) is 0 Å². The Labute approximate surface area is 125 Å². The topological polar surface area (TPSA) is 63.2 Å². The van der Waals surface area contributed by atoms with Gasteiger partial charge in [-0.05, 0) is 26.1 Å². The van der Waals surface area contributed by atoms with E-state index in [1.54, 1.807) is 7.05 Å². The lowest BCUT2D eigenvalue weighted by Gasteiger charge is -2.15. The van der Waals surface area contributed by atoms with Crippen LogP contribution >= 0.6 is 0 Å². The molecule has 5 nitrogen and oxygen atoms in total. The molecule has 1 heterocycles. The number of hydrogen-bond acceptors (Lipinski definition) is 4. The molecule has 0 bridgehead atoms. The number of nitrogens with zero attached hydrogens (tertiary/aromatic N) is 1. The first-order chi connectivity index (χ1) is 10.3. The predicted octanol–water partition coefficient (Wildman–Crippen LogP) is 2.30. The molecule has 0 fully saturated rings. The first-order valence-electron chi connectivity index (χ1n) is 6.54. The molecule has 0 saturated heterocycles. The van der Waals surface area contributed by atoms with E-state index in [0.29, 0.717) is 25.1 Å². The fourth-order valence-electron chi connectivity index (χ4n) is 1.42. The number of rotatable bonds is 9. The third-order valence-electron chi connectivity index (χ3n) is 2.58. The SMILES string of the molecule is CNCCCC(=O)Nc1ccc(OCC(F)(F)C(F)F)nc1. The molecule has 0 radical (unpaired) electrons. The van der Waals surface area contributed by atoms with Gasteiger partial charge in [-0.15, -0.1) is 0 Å². The molecule has 9 heteroatoms. The van der Waals surface area contributed by atoms with Gasteiger partial charge in [-0.25, -0.2) is 13.8 Å². The Balaban J connectivity index is 2.44. The van der Waals surface area contributed by atoms with Crippen LogP contribution in [0, 0.1) is 0 Å². The molecule has 0 aliphatic rings. The number of halogens is 4. The Morgan fingerprint density at radius 3 is 2.68 bits per heavy atom. The number of ether oxygens (including phenoxy) is 1. The second-order valence-corrected chi connectivity index (χ2v) is 4.49. The highest BCUT2D eigenvalue weighted by atomic mass is 19.3. The zero-order chi connectivity index (χ0) is 16.6. The number of anilines is 1. The zero-order valence-electron chi connectivity index (χ0n) is 11.9. The lowest BCUT2D eigenvalue weighted by Crippen LogP contribution is -2.33. The quantitative estimate of drug-likeness (QED) is 0.541. The van der Waals surface area contributed by atoms with Gasteiger partial charge in [0.25, 0.3) is 0 Å². The fourth-order valence-corrected chi connectivity index (χ4v) is 1.42. The number of carbonyl (C=O) groups excluding carboxylic acids is 1. The summed E-state index contributed by atoms with van der Waals surface area (Å²) in [6, 6.07) is 2.60. The molecule has 2 N–H and O–H groups in total. The number of nitrogens with one attached hydrogen (secondary N) is 2. The zero-order valence-corrected chi connectivity index (χ0v) is 11.9. The molecule has 0 aliphatic heterocycles. The van der Waals surface area contributed by atoms with Crippen molar-refractivity contribution in [3.05, 3.63) is 18.3 Å². The summed E-state index contributed by atoms with van der Waals surface area (Å²) in [6.45, 7) is -0.760. The van der Waals surface area contributed by atoms with Gasteiger partial charge in [-0.1, -0.05) is 0 Å². The highest BCUT2D eigenvalue weighted by molar-refractivity contribution is 5.90. The van der Waals surface area contributed by atoms with Gasteiger partial charge >= 0.3 is 12.3 Å². The Morgan fingerprint density at radius 2 is 2.14 bits per heavy atom. The molecule has 124 valence electrons. The lowest BCUT2D eigenvalue weighted by atomic mass is 10.3. The minimum absolute atomic E-state index is 0.213. The second-order valence-electron chi connectivity index (χ2n) is 4.49. The third kappa shape index (κ3) is 6.25. The van der Waals surface area contributed by atoms with Crippen LogP contribution in [0.5, 0.6) is 5.88 Å². The smallest absolute Gasteiger partial charge is 0.340 e. The van der Waals surface area contributed by atoms with Gasteiger partial charge in [0, 0.05) is 12.5 Å². The normalized spacial score (nSPS) is 11.5. The van der Waals surface area contributed by atoms with Gasteiger partial charge in [0.15, 0.2) is 6.61 Å². The number of carbonyl (C=O) groups is 1. The summed E-state index contributed by atoms with van der Waals surface area (Å²) in [5.41, 5.74) is 0.363. The van der Waals surface area contributed by atoms with Crippen LogP contribution in [0.25, 0.3) is 0 Å². The van der Waals surface area contributed by atoms with Crippen molar-refractivity contribution in [1.82, 2.24) is 10.3 Å². The molecule has 0 atom stereocenters. The van der Waals surface area contributed by atoms with Gasteiger partial charge in [-0.2, -0.15) is 8.78 Å². The van der Waals surface area contributed by atoms with Gasteiger partial charge in [0.05, 0.1) is 11.9 Å². The molecule has 0 aliphatic carbocycles. The molecular formula is C13H17F4N3O2. The fraction of sp³-hybridized carbons (Fsp3) is 0.538. The maximum absolute atomic E-state index is 12.7. The van der Waals surface area contributed by atoms with E-state index in [2.05, 4.69) is 20.4 Å². The Morgan fingerprint density at radius 1 is 1.41 bits per heavy atom. The maximum atomic E-state index is 12.7. The molecule has 0 aromatic carbocycles. The van der Waals surface area contributed by atoms with E-state index < -0.39 is 19.0 Å². The number of alkyl halides is 4. The second kappa shape index (κ2) is 8.52. The summed E-state index contributed by atoms with van der Waals surface area (Å²) < 4.78 is 53.7. The lowest BCUT2D eigenvalue weighted by molar-refractivity contribution is -0.148. The summed E-state index contributed by atoms with van der Waals surface area (Å²) >= 11 is 0. The molecular weight excluding hydrogens is 306 g/mol. The van der Waals surface area contributed by atoms with Crippen LogP contribution in [0.15, 0.2) is 18.3 Å². The molecule has 0 unspecified atom stereocenters. The first-order valence-corrected chi connectivity index (χ1v) is 6.54. The molecule has 1 aromatic heterocycles. The summed E-state index contributed by atoms with van der Waals surface area (Å²) in [5.74, 6) is -4.68. The highest BCUT2D eigenvalue weighted by Crippen LogP contribution is 2.24. The molecule has 1 rings (SSSR count). The van der Waals surface area contributed by atoms with Crippen molar-refractivity contribution >= 4 is 11.6 Å². The molecule has 0 spiro atoms. The van der Waals surface area contributed by atoms with E-state index in [1.165, 1.54) is 18.3 Å². The standard InChI is InChI=1S/C13H17F4N3O2/c1-18-6-2-3-10(21)20-9-4-5-11(19-7-9)22-8-13(16,17)12(14)15/h4-5,7,12,18H,2-3,6,8H2,1H3,(H,20,21). The Kier molecular flexibility index (Phi) is 7.03. The summed E-state index contributed by atoms with van der Waals surface area (Å²) in [4.78, 5) is 15.2. The van der Waals surface area contributed by atoms with Crippen molar-refractivity contribution in [3.8, 4) is 5.88 Å². The Hall–Kier alpha value is -1.90. The summed E-state index contributed by atoms with van der Waals surface area (Å²) in [6.07, 6.45) is -1.62. The van der Waals surface area contributed by atoms with Crippen LogP contribution in [0.2, 0.25) is 0 Å². The van der Waals surface area contributed by atoms with Crippen molar-refractivity contribution in [2.75, 3.05) is 25.5 Å². The van der Waals surface area contributed by atoms with Crippen LogP contribution in [0.1, 0.15) is 12.8 Å². The van der Waals surface area contributed by atoms with Gasteiger partial charge in [0.2, 0.25) is 11.8 Å². The van der Waals surface area contributed by atoms with Crippen LogP contribution in [-0.2, 0) is 4.79 Å².